The van der Waals surface area contributed by atoms with Gasteiger partial charge in [0.05, 0.1) is 34.9 Å². The Morgan fingerprint density at radius 3 is 2.27 bits per heavy atom. The molecule has 7 heteroatoms. The molecule has 0 atom stereocenters. The molecule has 2 aromatic carbocycles. The largest absolute Gasteiger partial charge is 0.508 e. The van der Waals surface area contributed by atoms with Gasteiger partial charge in [-0.05, 0) is 38.1 Å². The van der Waals surface area contributed by atoms with E-state index in [-0.39, 0.29) is 35.1 Å². The van der Waals surface area contributed by atoms with Crippen molar-refractivity contribution < 1.29 is 24.1 Å². The summed E-state index contributed by atoms with van der Waals surface area (Å²) >= 11 is 11.9. The van der Waals surface area contributed by atoms with Crippen molar-refractivity contribution in [1.29, 1.82) is 0 Å². The van der Waals surface area contributed by atoms with Crippen molar-refractivity contribution in [2.24, 2.45) is 0 Å². The van der Waals surface area contributed by atoms with Crippen LogP contribution >= 0.6 is 23.2 Å². The molecular formula is C19H20Cl2O5. The van der Waals surface area contributed by atoms with E-state index in [4.69, 9.17) is 37.4 Å². The van der Waals surface area contributed by atoms with Gasteiger partial charge in [0.25, 0.3) is 0 Å². The van der Waals surface area contributed by atoms with Crippen molar-refractivity contribution in [3.63, 3.8) is 0 Å². The highest BCUT2D eigenvalue weighted by Crippen LogP contribution is 2.36. The molecule has 0 unspecified atom stereocenters. The average molecular weight is 399 g/mol. The summed E-state index contributed by atoms with van der Waals surface area (Å²) in [7, 11) is 0. The Labute approximate surface area is 162 Å². The number of esters is 1. The highest BCUT2D eigenvalue weighted by molar-refractivity contribution is 6.37. The van der Waals surface area contributed by atoms with Gasteiger partial charge in [-0.1, -0.05) is 23.2 Å². The zero-order valence-electron chi connectivity index (χ0n) is 14.5. The van der Waals surface area contributed by atoms with E-state index in [1.807, 2.05) is 13.8 Å². The zero-order valence-corrected chi connectivity index (χ0v) is 16.0. The molecule has 26 heavy (non-hydrogen) atoms. The number of benzene rings is 2. The maximum atomic E-state index is 12.0. The molecule has 0 aromatic heterocycles. The topological polar surface area (TPSA) is 65.0 Å². The van der Waals surface area contributed by atoms with Gasteiger partial charge in [0.15, 0.2) is 5.75 Å². The third-order valence-electron chi connectivity index (χ3n) is 3.21. The lowest BCUT2D eigenvalue weighted by molar-refractivity contribution is 0.0486. The zero-order chi connectivity index (χ0) is 19.1. The quantitative estimate of drug-likeness (QED) is 0.494. The number of hydrogen-bond donors (Lipinski definition) is 1. The third kappa shape index (κ3) is 6.00. The van der Waals surface area contributed by atoms with Crippen molar-refractivity contribution in [3.05, 3.63) is 52.0 Å². The van der Waals surface area contributed by atoms with E-state index in [1.54, 1.807) is 24.3 Å². The Hall–Kier alpha value is -2.11. The predicted octanol–water partition coefficient (Wildman–Crippen LogP) is 5.11. The molecule has 0 amide bonds. The van der Waals surface area contributed by atoms with Crippen LogP contribution in [0.1, 0.15) is 30.6 Å². The highest BCUT2D eigenvalue weighted by atomic mass is 35.5. The summed E-state index contributed by atoms with van der Waals surface area (Å²) in [4.78, 5) is 12.0. The minimum absolute atomic E-state index is 0.0360. The fourth-order valence-corrected chi connectivity index (χ4v) is 2.69. The molecule has 1 N–H and O–H groups in total. The predicted molar refractivity (Wildman–Crippen MR) is 101 cm³/mol. The van der Waals surface area contributed by atoms with Gasteiger partial charge >= 0.3 is 5.97 Å². The molecular weight excluding hydrogens is 379 g/mol. The average Bonchev–Trinajstić information content (AvgIpc) is 2.56. The molecule has 0 aliphatic carbocycles. The summed E-state index contributed by atoms with van der Waals surface area (Å²) in [6.07, 6.45) is 0.539. The fraction of sp³-hybridized carbons (Fsp3) is 0.316. The first-order valence-electron chi connectivity index (χ1n) is 8.11. The van der Waals surface area contributed by atoms with Crippen molar-refractivity contribution in [3.8, 4) is 17.2 Å². The Kier molecular flexibility index (Phi) is 7.42. The molecule has 0 spiro atoms. The molecule has 0 heterocycles. The van der Waals surface area contributed by atoms with E-state index in [1.165, 1.54) is 12.1 Å². The van der Waals surface area contributed by atoms with Crippen molar-refractivity contribution >= 4 is 29.2 Å². The molecule has 5 nitrogen and oxygen atoms in total. The summed E-state index contributed by atoms with van der Waals surface area (Å²) in [5, 5.41) is 9.80. The molecule has 140 valence electrons. The molecule has 0 saturated carbocycles. The van der Waals surface area contributed by atoms with E-state index in [9.17, 15) is 9.90 Å². The lowest BCUT2D eigenvalue weighted by Crippen LogP contribution is -2.10. The standard InChI is InChI=1S/C19H20Cl2O5/c1-12(2)26-15-6-4-13(5-7-15)19(23)25-9-3-8-24-18-16(20)10-14(22)11-17(18)21/h4-7,10-12,22H,3,8-9H2,1-2H3. The molecule has 0 saturated heterocycles. The van der Waals surface area contributed by atoms with Gasteiger partial charge in [0.2, 0.25) is 0 Å². The van der Waals surface area contributed by atoms with Gasteiger partial charge in [-0.2, -0.15) is 0 Å². The van der Waals surface area contributed by atoms with Crippen LogP contribution < -0.4 is 9.47 Å². The molecule has 0 aliphatic rings. The molecule has 2 aromatic rings. The minimum atomic E-state index is -0.415. The van der Waals surface area contributed by atoms with Crippen LogP contribution in [-0.2, 0) is 4.74 Å². The Balaban J connectivity index is 1.75. The van der Waals surface area contributed by atoms with Crippen LogP contribution in [-0.4, -0.2) is 30.4 Å². The Morgan fingerprint density at radius 2 is 1.69 bits per heavy atom. The summed E-state index contributed by atoms with van der Waals surface area (Å²) in [5.41, 5.74) is 0.451. The summed E-state index contributed by atoms with van der Waals surface area (Å²) < 4.78 is 16.2. The Bertz CT molecular complexity index is 721. The van der Waals surface area contributed by atoms with Gasteiger partial charge in [0.1, 0.15) is 11.5 Å². The number of carbonyl (C=O) groups is 1. The number of halogens is 2. The lowest BCUT2D eigenvalue weighted by Gasteiger charge is -2.11. The molecule has 0 aliphatic heterocycles. The van der Waals surface area contributed by atoms with Gasteiger partial charge in [-0.3, -0.25) is 0 Å². The van der Waals surface area contributed by atoms with Crippen molar-refractivity contribution in [2.45, 2.75) is 26.4 Å². The van der Waals surface area contributed by atoms with Crippen molar-refractivity contribution in [2.75, 3.05) is 13.2 Å². The molecule has 2 rings (SSSR count). The van der Waals surface area contributed by atoms with Gasteiger partial charge in [-0.25, -0.2) is 4.79 Å². The number of carbonyl (C=O) groups excluding carboxylic acids is 1. The van der Waals surface area contributed by atoms with Crippen LogP contribution in [0.25, 0.3) is 0 Å². The maximum absolute atomic E-state index is 12.0. The van der Waals surface area contributed by atoms with Gasteiger partial charge < -0.3 is 19.3 Å². The first-order chi connectivity index (χ1) is 12.4. The van der Waals surface area contributed by atoms with E-state index < -0.39 is 5.97 Å². The second-order valence-electron chi connectivity index (χ2n) is 5.77. The lowest BCUT2D eigenvalue weighted by atomic mass is 10.2. The molecule has 0 radical (unpaired) electrons. The second kappa shape index (κ2) is 9.55. The van der Waals surface area contributed by atoms with Crippen LogP contribution in [0.3, 0.4) is 0 Å². The van der Waals surface area contributed by atoms with Gasteiger partial charge in [-0.15, -0.1) is 0 Å². The molecule has 0 fully saturated rings. The SMILES string of the molecule is CC(C)Oc1ccc(C(=O)OCCCOc2c(Cl)cc(O)cc2Cl)cc1. The van der Waals surface area contributed by atoms with Gasteiger partial charge in [0, 0.05) is 18.6 Å². The second-order valence-corrected chi connectivity index (χ2v) is 6.58. The first kappa shape index (κ1) is 20.2. The van der Waals surface area contributed by atoms with E-state index in [0.717, 1.165) is 0 Å². The number of phenols is 1. The van der Waals surface area contributed by atoms with Crippen LogP contribution in [0.5, 0.6) is 17.2 Å². The number of phenolic OH excluding ortho intramolecular Hbond substituents is 1. The molecule has 0 bridgehead atoms. The van der Waals surface area contributed by atoms with E-state index >= 15 is 0 Å². The highest BCUT2D eigenvalue weighted by Gasteiger charge is 2.10. The monoisotopic (exact) mass is 398 g/mol. The van der Waals surface area contributed by atoms with E-state index in [0.29, 0.717) is 23.5 Å². The normalized spacial score (nSPS) is 10.7. The third-order valence-corrected chi connectivity index (χ3v) is 3.77. The summed E-state index contributed by atoms with van der Waals surface area (Å²) in [6, 6.07) is 9.47. The summed E-state index contributed by atoms with van der Waals surface area (Å²) in [6.45, 7) is 4.32. The minimum Gasteiger partial charge on any atom is -0.508 e. The van der Waals surface area contributed by atoms with Crippen LogP contribution in [0.15, 0.2) is 36.4 Å². The first-order valence-corrected chi connectivity index (χ1v) is 8.87. The van der Waals surface area contributed by atoms with E-state index in [2.05, 4.69) is 0 Å². The number of hydrogen-bond acceptors (Lipinski definition) is 5. The maximum Gasteiger partial charge on any atom is 0.338 e. The summed E-state index contributed by atoms with van der Waals surface area (Å²) in [5.74, 6) is 0.540. The van der Waals surface area contributed by atoms with Crippen LogP contribution in [0.2, 0.25) is 10.0 Å². The smallest absolute Gasteiger partial charge is 0.338 e. The number of rotatable bonds is 8. The fourth-order valence-electron chi connectivity index (χ4n) is 2.11. The number of ether oxygens (including phenoxy) is 3. The van der Waals surface area contributed by atoms with Crippen LogP contribution in [0, 0.1) is 0 Å². The number of aromatic hydroxyl groups is 1. The van der Waals surface area contributed by atoms with Crippen LogP contribution in [0.4, 0.5) is 0 Å². The Morgan fingerprint density at radius 1 is 1.08 bits per heavy atom. The van der Waals surface area contributed by atoms with Crippen molar-refractivity contribution in [1.82, 2.24) is 0 Å².